The van der Waals surface area contributed by atoms with Crippen molar-refractivity contribution >= 4 is 17.7 Å². The molecule has 2 aromatic carbocycles. The van der Waals surface area contributed by atoms with Gasteiger partial charge in [0.25, 0.3) is 0 Å². The van der Waals surface area contributed by atoms with E-state index in [1.165, 1.54) is 17.7 Å². The molecule has 7 nitrogen and oxygen atoms in total. The van der Waals surface area contributed by atoms with Crippen molar-refractivity contribution < 1.29 is 19.5 Å². The zero-order valence-corrected chi connectivity index (χ0v) is 14.9. The molecule has 0 saturated heterocycles. The third-order valence-electron chi connectivity index (χ3n) is 4.26. The fraction of sp³-hybridized carbons (Fsp3) is 0.250. The van der Waals surface area contributed by atoms with E-state index in [4.69, 9.17) is 9.94 Å². The third kappa shape index (κ3) is 5.07. The summed E-state index contributed by atoms with van der Waals surface area (Å²) in [6.07, 6.45) is 0.446. The minimum Gasteiger partial charge on any atom is -0.478 e. The van der Waals surface area contributed by atoms with Crippen LogP contribution in [-0.2, 0) is 11.4 Å². The number of nitrogens with zero attached hydrogens (tertiary/aromatic N) is 1. The predicted molar refractivity (Wildman–Crippen MR) is 101 cm³/mol. The summed E-state index contributed by atoms with van der Waals surface area (Å²) in [5.74, 6) is -0.976. The Labute approximate surface area is 157 Å². The number of oxime groups is 1. The number of carbonyl (C=O) groups is 2. The van der Waals surface area contributed by atoms with E-state index in [0.29, 0.717) is 19.5 Å². The number of carbonyl (C=O) groups excluding carboxylic acids is 1. The molecule has 140 valence electrons. The largest absolute Gasteiger partial charge is 0.478 e. The van der Waals surface area contributed by atoms with Crippen LogP contribution in [0.3, 0.4) is 0 Å². The minimum atomic E-state index is -0.976. The first kappa shape index (κ1) is 18.4. The van der Waals surface area contributed by atoms with Crippen LogP contribution in [0.2, 0.25) is 0 Å². The number of aromatic carboxylic acids is 1. The van der Waals surface area contributed by atoms with Crippen molar-refractivity contribution in [2.75, 3.05) is 6.54 Å². The molecule has 1 atom stereocenters. The molecule has 0 radical (unpaired) electrons. The fourth-order valence-electron chi connectivity index (χ4n) is 2.67. The van der Waals surface area contributed by atoms with Crippen LogP contribution >= 0.6 is 0 Å². The first-order chi connectivity index (χ1) is 13.0. The monoisotopic (exact) mass is 367 g/mol. The smallest absolute Gasteiger partial charge is 0.335 e. The van der Waals surface area contributed by atoms with Gasteiger partial charge in [-0.1, -0.05) is 47.1 Å². The predicted octanol–water partition coefficient (Wildman–Crippen LogP) is 2.69. The highest BCUT2D eigenvalue weighted by Gasteiger charge is 2.22. The van der Waals surface area contributed by atoms with Crippen LogP contribution in [0.15, 0.2) is 53.7 Å². The number of nitrogens with one attached hydrogen (secondary N) is 2. The van der Waals surface area contributed by atoms with Crippen molar-refractivity contribution in [1.29, 1.82) is 0 Å². The number of hydrogen-bond acceptors (Lipinski definition) is 4. The molecule has 1 aliphatic rings. The van der Waals surface area contributed by atoms with E-state index in [0.717, 1.165) is 16.8 Å². The van der Waals surface area contributed by atoms with Gasteiger partial charge >= 0.3 is 12.0 Å². The molecule has 0 bridgehead atoms. The van der Waals surface area contributed by atoms with Gasteiger partial charge in [-0.3, -0.25) is 0 Å². The van der Waals surface area contributed by atoms with E-state index in [1.807, 2.05) is 31.2 Å². The Morgan fingerprint density at radius 2 is 1.81 bits per heavy atom. The van der Waals surface area contributed by atoms with E-state index >= 15 is 0 Å². The average molecular weight is 367 g/mol. The van der Waals surface area contributed by atoms with Gasteiger partial charge in [0.05, 0.1) is 17.8 Å². The van der Waals surface area contributed by atoms with Crippen LogP contribution in [0.5, 0.6) is 0 Å². The zero-order valence-electron chi connectivity index (χ0n) is 14.9. The SMILES string of the molecule is Cc1ccc(C2=NOC(CNC(=O)NCc3ccc(C(=O)O)cc3)C2)cc1. The van der Waals surface area contributed by atoms with Gasteiger partial charge in [0.15, 0.2) is 6.10 Å². The zero-order chi connectivity index (χ0) is 19.2. The maximum absolute atomic E-state index is 11.9. The van der Waals surface area contributed by atoms with Gasteiger partial charge in [-0.15, -0.1) is 0 Å². The Morgan fingerprint density at radius 3 is 2.48 bits per heavy atom. The number of rotatable bonds is 6. The summed E-state index contributed by atoms with van der Waals surface area (Å²) in [5.41, 5.74) is 4.12. The van der Waals surface area contributed by atoms with Crippen molar-refractivity contribution in [3.8, 4) is 0 Å². The highest BCUT2D eigenvalue weighted by atomic mass is 16.6. The van der Waals surface area contributed by atoms with Crippen molar-refractivity contribution in [2.24, 2.45) is 5.16 Å². The Morgan fingerprint density at radius 1 is 1.11 bits per heavy atom. The van der Waals surface area contributed by atoms with E-state index in [2.05, 4.69) is 15.8 Å². The molecule has 1 heterocycles. The van der Waals surface area contributed by atoms with Crippen molar-refractivity contribution in [2.45, 2.75) is 26.0 Å². The first-order valence-electron chi connectivity index (χ1n) is 8.65. The molecular formula is C20H21N3O4. The van der Waals surface area contributed by atoms with Crippen molar-refractivity contribution in [1.82, 2.24) is 10.6 Å². The van der Waals surface area contributed by atoms with Crippen LogP contribution in [0.25, 0.3) is 0 Å². The quantitative estimate of drug-likeness (QED) is 0.731. The number of aryl methyl sites for hydroxylation is 1. The number of carboxylic acid groups (broad SMARTS) is 1. The lowest BCUT2D eigenvalue weighted by Gasteiger charge is -2.11. The summed E-state index contributed by atoms with van der Waals surface area (Å²) in [6, 6.07) is 14.1. The van der Waals surface area contributed by atoms with Gasteiger partial charge in [0, 0.05) is 13.0 Å². The highest BCUT2D eigenvalue weighted by molar-refractivity contribution is 6.01. The number of hydrogen-bond donors (Lipinski definition) is 3. The molecule has 0 saturated carbocycles. The van der Waals surface area contributed by atoms with Crippen LogP contribution in [-0.4, -0.2) is 35.5 Å². The summed E-state index contributed by atoms with van der Waals surface area (Å²) in [7, 11) is 0. The second-order valence-electron chi connectivity index (χ2n) is 6.40. The molecule has 0 aromatic heterocycles. The lowest BCUT2D eigenvalue weighted by Crippen LogP contribution is -2.39. The standard InChI is InChI=1S/C20H21N3O4/c1-13-2-6-15(7-3-13)18-10-17(27-23-18)12-22-20(26)21-11-14-4-8-16(9-5-14)19(24)25/h2-9,17H,10-12H2,1H3,(H,24,25)(H2,21,22,26). The van der Waals surface area contributed by atoms with Crippen molar-refractivity contribution in [3.05, 3.63) is 70.8 Å². The third-order valence-corrected chi connectivity index (χ3v) is 4.26. The summed E-state index contributed by atoms with van der Waals surface area (Å²) in [5, 5.41) is 18.5. The topological polar surface area (TPSA) is 100 Å². The van der Waals surface area contributed by atoms with E-state index in [-0.39, 0.29) is 17.7 Å². The molecule has 2 amide bonds. The molecule has 2 aromatic rings. The summed E-state index contributed by atoms with van der Waals surface area (Å²) in [4.78, 5) is 28.1. The first-order valence-corrected chi connectivity index (χ1v) is 8.65. The molecule has 1 aliphatic heterocycles. The number of benzene rings is 2. The Bertz CT molecular complexity index is 845. The molecule has 3 N–H and O–H groups in total. The molecule has 27 heavy (non-hydrogen) atoms. The highest BCUT2D eigenvalue weighted by Crippen LogP contribution is 2.16. The molecule has 0 fully saturated rings. The Hall–Kier alpha value is -3.35. The molecule has 1 unspecified atom stereocenters. The van der Waals surface area contributed by atoms with Crippen LogP contribution < -0.4 is 10.6 Å². The summed E-state index contributed by atoms with van der Waals surface area (Å²) in [6.45, 7) is 2.69. The number of amides is 2. The van der Waals surface area contributed by atoms with Crippen LogP contribution in [0, 0.1) is 6.92 Å². The van der Waals surface area contributed by atoms with Crippen LogP contribution in [0.1, 0.15) is 33.5 Å². The van der Waals surface area contributed by atoms with E-state index < -0.39 is 5.97 Å². The van der Waals surface area contributed by atoms with Gasteiger partial charge in [0.2, 0.25) is 0 Å². The van der Waals surface area contributed by atoms with Gasteiger partial charge < -0.3 is 20.6 Å². The van der Waals surface area contributed by atoms with Gasteiger partial charge in [-0.2, -0.15) is 0 Å². The molecule has 0 spiro atoms. The van der Waals surface area contributed by atoms with E-state index in [9.17, 15) is 9.59 Å². The normalized spacial score (nSPS) is 15.6. The van der Waals surface area contributed by atoms with Gasteiger partial charge in [-0.05, 0) is 30.2 Å². The number of carboxylic acids is 1. The Balaban J connectivity index is 1.40. The molecule has 3 rings (SSSR count). The van der Waals surface area contributed by atoms with Gasteiger partial charge in [-0.25, -0.2) is 9.59 Å². The maximum Gasteiger partial charge on any atom is 0.335 e. The number of urea groups is 1. The van der Waals surface area contributed by atoms with E-state index in [1.54, 1.807) is 12.1 Å². The van der Waals surface area contributed by atoms with Crippen LogP contribution in [0.4, 0.5) is 4.79 Å². The maximum atomic E-state index is 11.9. The average Bonchev–Trinajstić information content (AvgIpc) is 3.14. The second kappa shape index (κ2) is 8.35. The molecule has 0 aliphatic carbocycles. The van der Waals surface area contributed by atoms with Gasteiger partial charge in [0.1, 0.15) is 0 Å². The second-order valence-corrected chi connectivity index (χ2v) is 6.40. The molecule has 7 heteroatoms. The fourth-order valence-corrected chi connectivity index (χ4v) is 2.67. The minimum absolute atomic E-state index is 0.193. The Kier molecular flexibility index (Phi) is 5.71. The lowest BCUT2D eigenvalue weighted by atomic mass is 10.0. The molecular weight excluding hydrogens is 346 g/mol. The summed E-state index contributed by atoms with van der Waals surface area (Å²) >= 11 is 0. The van der Waals surface area contributed by atoms with Crippen molar-refractivity contribution in [3.63, 3.8) is 0 Å². The summed E-state index contributed by atoms with van der Waals surface area (Å²) < 4.78 is 0. The lowest BCUT2D eigenvalue weighted by molar-refractivity contribution is 0.0697.